The molecule has 1 rings (SSSR count). The summed E-state index contributed by atoms with van der Waals surface area (Å²) in [5.74, 6) is 0. The number of hydrogen-bond acceptors (Lipinski definition) is 3. The van der Waals surface area contributed by atoms with E-state index in [-0.39, 0.29) is 5.25 Å². The molecule has 0 aromatic heterocycles. The molecule has 0 aliphatic rings. The van der Waals surface area contributed by atoms with E-state index in [1.54, 1.807) is 18.2 Å². The molecule has 126 valence electrons. The molecule has 4 nitrogen and oxygen atoms in total. The first-order valence-corrected chi connectivity index (χ1v) is 9.78. The summed E-state index contributed by atoms with van der Waals surface area (Å²) in [6.07, 6.45) is 4.04. The molecule has 22 heavy (non-hydrogen) atoms. The maximum atomic E-state index is 12.5. The van der Waals surface area contributed by atoms with Crippen LogP contribution in [-0.2, 0) is 10.0 Å². The summed E-state index contributed by atoms with van der Waals surface area (Å²) in [5, 5.41) is 9.69. The van der Waals surface area contributed by atoms with E-state index in [1.165, 1.54) is 0 Å². The molecule has 0 saturated carbocycles. The molecule has 0 saturated heterocycles. The van der Waals surface area contributed by atoms with Crippen LogP contribution in [0, 0.1) is 0 Å². The van der Waals surface area contributed by atoms with Gasteiger partial charge in [0.2, 0.25) is 10.0 Å². The SMILES string of the molecule is CCCC(O)c1cccc(NS(=O)(=O)C(CCC)CCC)c1. The highest BCUT2D eigenvalue weighted by molar-refractivity contribution is 7.93. The highest BCUT2D eigenvalue weighted by atomic mass is 32.2. The molecule has 0 fully saturated rings. The van der Waals surface area contributed by atoms with Gasteiger partial charge in [-0.3, -0.25) is 4.72 Å². The Bertz CT molecular complexity index is 537. The second kappa shape index (κ2) is 9.16. The molecule has 0 amide bonds. The van der Waals surface area contributed by atoms with Crippen molar-refractivity contribution in [3.8, 4) is 0 Å². The first-order valence-electron chi connectivity index (χ1n) is 8.24. The van der Waals surface area contributed by atoms with Gasteiger partial charge >= 0.3 is 0 Å². The molecular weight excluding hydrogens is 298 g/mol. The van der Waals surface area contributed by atoms with Crippen molar-refractivity contribution in [1.29, 1.82) is 0 Å². The van der Waals surface area contributed by atoms with E-state index in [1.807, 2.05) is 26.8 Å². The van der Waals surface area contributed by atoms with Crippen molar-refractivity contribution in [3.05, 3.63) is 29.8 Å². The number of benzene rings is 1. The Labute approximate surface area is 135 Å². The minimum Gasteiger partial charge on any atom is -0.388 e. The van der Waals surface area contributed by atoms with Gasteiger partial charge in [0.25, 0.3) is 0 Å². The fourth-order valence-corrected chi connectivity index (χ4v) is 4.31. The fourth-order valence-electron chi connectivity index (χ4n) is 2.60. The van der Waals surface area contributed by atoms with Crippen LogP contribution in [0.2, 0.25) is 0 Å². The normalized spacial score (nSPS) is 13.3. The van der Waals surface area contributed by atoms with Crippen molar-refractivity contribution in [3.63, 3.8) is 0 Å². The Kier molecular flexibility index (Phi) is 7.90. The minimum absolute atomic E-state index is 0.355. The molecule has 1 unspecified atom stereocenters. The third-order valence-electron chi connectivity index (χ3n) is 3.75. The third kappa shape index (κ3) is 5.61. The van der Waals surface area contributed by atoms with E-state index in [4.69, 9.17) is 0 Å². The molecule has 5 heteroatoms. The number of sulfonamides is 1. The molecule has 0 aliphatic heterocycles. The molecule has 0 spiro atoms. The van der Waals surface area contributed by atoms with E-state index in [2.05, 4.69) is 4.72 Å². The maximum absolute atomic E-state index is 12.5. The van der Waals surface area contributed by atoms with Gasteiger partial charge in [-0.2, -0.15) is 0 Å². The first-order chi connectivity index (χ1) is 10.4. The van der Waals surface area contributed by atoms with Crippen molar-refractivity contribution < 1.29 is 13.5 Å². The van der Waals surface area contributed by atoms with Crippen LogP contribution >= 0.6 is 0 Å². The standard InChI is InChI=1S/C17H29NO3S/c1-4-8-16(9-5-2)22(20,21)18-15-12-7-11-14(13-15)17(19)10-6-3/h7,11-13,16-19H,4-6,8-10H2,1-3H3. The fraction of sp³-hybridized carbons (Fsp3) is 0.647. The summed E-state index contributed by atoms with van der Waals surface area (Å²) in [6, 6.07) is 7.07. The summed E-state index contributed by atoms with van der Waals surface area (Å²) in [5.41, 5.74) is 1.29. The Morgan fingerprint density at radius 2 is 1.64 bits per heavy atom. The Hall–Kier alpha value is -1.07. The number of aliphatic hydroxyl groups excluding tert-OH is 1. The van der Waals surface area contributed by atoms with Gasteiger partial charge in [0.15, 0.2) is 0 Å². The van der Waals surface area contributed by atoms with E-state index in [0.29, 0.717) is 24.9 Å². The smallest absolute Gasteiger partial charge is 0.235 e. The van der Waals surface area contributed by atoms with Crippen molar-refractivity contribution in [2.24, 2.45) is 0 Å². The van der Waals surface area contributed by atoms with Crippen molar-refractivity contribution in [2.45, 2.75) is 70.7 Å². The van der Waals surface area contributed by atoms with E-state index < -0.39 is 16.1 Å². The predicted octanol–water partition coefficient (Wildman–Crippen LogP) is 4.23. The lowest BCUT2D eigenvalue weighted by Crippen LogP contribution is -2.27. The van der Waals surface area contributed by atoms with Crippen LogP contribution in [0.4, 0.5) is 5.69 Å². The van der Waals surface area contributed by atoms with Gasteiger partial charge in [-0.15, -0.1) is 0 Å². The highest BCUT2D eigenvalue weighted by Gasteiger charge is 2.24. The molecular formula is C17H29NO3S. The summed E-state index contributed by atoms with van der Waals surface area (Å²) in [6.45, 7) is 6.01. The highest BCUT2D eigenvalue weighted by Crippen LogP contribution is 2.24. The number of rotatable bonds is 10. The Balaban J connectivity index is 2.90. The summed E-state index contributed by atoms with van der Waals surface area (Å²) < 4.78 is 27.7. The van der Waals surface area contributed by atoms with Crippen LogP contribution in [0.3, 0.4) is 0 Å². The average Bonchev–Trinajstić information content (AvgIpc) is 2.47. The maximum Gasteiger partial charge on any atom is 0.235 e. The van der Waals surface area contributed by atoms with E-state index >= 15 is 0 Å². The monoisotopic (exact) mass is 327 g/mol. The van der Waals surface area contributed by atoms with Gasteiger partial charge in [-0.05, 0) is 37.0 Å². The minimum atomic E-state index is -3.39. The van der Waals surface area contributed by atoms with Gasteiger partial charge < -0.3 is 5.11 Å². The van der Waals surface area contributed by atoms with Crippen LogP contribution in [0.15, 0.2) is 24.3 Å². The molecule has 0 bridgehead atoms. The molecule has 1 aromatic rings. The summed E-state index contributed by atoms with van der Waals surface area (Å²) in [7, 11) is -3.39. The zero-order valence-corrected chi connectivity index (χ0v) is 14.7. The lowest BCUT2D eigenvalue weighted by Gasteiger charge is -2.18. The van der Waals surface area contributed by atoms with Crippen LogP contribution in [0.5, 0.6) is 0 Å². The Morgan fingerprint density at radius 1 is 1.05 bits per heavy atom. The van der Waals surface area contributed by atoms with Gasteiger partial charge in [-0.1, -0.05) is 52.2 Å². The molecule has 1 atom stereocenters. The second-order valence-electron chi connectivity index (χ2n) is 5.78. The number of nitrogens with one attached hydrogen (secondary N) is 1. The van der Waals surface area contributed by atoms with Gasteiger partial charge in [0.05, 0.1) is 11.4 Å². The zero-order valence-electron chi connectivity index (χ0n) is 13.9. The summed E-state index contributed by atoms with van der Waals surface area (Å²) in [4.78, 5) is 0. The number of hydrogen-bond donors (Lipinski definition) is 2. The predicted molar refractivity (Wildman–Crippen MR) is 92.5 cm³/mol. The van der Waals surface area contributed by atoms with Crippen LogP contribution in [0.1, 0.15) is 71.0 Å². The van der Waals surface area contributed by atoms with Gasteiger partial charge in [0, 0.05) is 5.69 Å². The topological polar surface area (TPSA) is 66.4 Å². The zero-order chi connectivity index (χ0) is 16.6. The number of anilines is 1. The molecule has 0 radical (unpaired) electrons. The first kappa shape index (κ1) is 19.0. The Morgan fingerprint density at radius 3 is 2.18 bits per heavy atom. The quantitative estimate of drug-likeness (QED) is 0.676. The van der Waals surface area contributed by atoms with Crippen molar-refractivity contribution in [2.75, 3.05) is 4.72 Å². The lowest BCUT2D eigenvalue weighted by atomic mass is 10.1. The number of aliphatic hydroxyl groups is 1. The largest absolute Gasteiger partial charge is 0.388 e. The summed E-state index contributed by atoms with van der Waals surface area (Å²) >= 11 is 0. The van der Waals surface area contributed by atoms with Crippen LogP contribution in [0.25, 0.3) is 0 Å². The van der Waals surface area contributed by atoms with E-state index in [9.17, 15) is 13.5 Å². The van der Waals surface area contributed by atoms with Gasteiger partial charge in [-0.25, -0.2) is 8.42 Å². The molecule has 2 N–H and O–H groups in total. The second-order valence-corrected chi connectivity index (χ2v) is 7.74. The van der Waals surface area contributed by atoms with Crippen molar-refractivity contribution in [1.82, 2.24) is 0 Å². The molecule has 0 heterocycles. The van der Waals surface area contributed by atoms with E-state index in [0.717, 1.165) is 24.8 Å². The molecule has 0 aliphatic carbocycles. The van der Waals surface area contributed by atoms with Crippen LogP contribution < -0.4 is 4.72 Å². The average molecular weight is 327 g/mol. The van der Waals surface area contributed by atoms with Crippen molar-refractivity contribution >= 4 is 15.7 Å². The lowest BCUT2D eigenvalue weighted by molar-refractivity contribution is 0.166. The van der Waals surface area contributed by atoms with Gasteiger partial charge in [0.1, 0.15) is 0 Å². The molecule has 1 aromatic carbocycles. The van der Waals surface area contributed by atoms with Crippen LogP contribution in [-0.4, -0.2) is 18.8 Å². The third-order valence-corrected chi connectivity index (χ3v) is 5.62.